The molecule has 0 atom stereocenters. The monoisotopic (exact) mass is 286 g/mol. The Kier molecular flexibility index (Phi) is 4.33. The van der Waals surface area contributed by atoms with Gasteiger partial charge in [0, 0.05) is 12.5 Å². The topological polar surface area (TPSA) is 58.2 Å². The van der Waals surface area contributed by atoms with Crippen LogP contribution in [0.2, 0.25) is 0 Å². The van der Waals surface area contributed by atoms with E-state index in [1.165, 1.54) is 25.1 Å². The fourth-order valence-electron chi connectivity index (χ4n) is 1.94. The van der Waals surface area contributed by atoms with Gasteiger partial charge in [-0.1, -0.05) is 18.2 Å². The molecule has 2 aromatic rings. The molecule has 0 saturated heterocycles. The Morgan fingerprint density at radius 2 is 1.71 bits per heavy atom. The summed E-state index contributed by atoms with van der Waals surface area (Å²) in [6.07, 6.45) is 0. The average molecular weight is 286 g/mol. The minimum absolute atomic E-state index is 0.221. The summed E-state index contributed by atoms with van der Waals surface area (Å²) in [5, 5.41) is 5.17. The van der Waals surface area contributed by atoms with Crippen LogP contribution >= 0.6 is 0 Å². The minimum atomic E-state index is -0.496. The lowest BCUT2D eigenvalue weighted by Crippen LogP contribution is -2.16. The molecule has 0 spiro atoms. The largest absolute Gasteiger partial charge is 0.325 e. The molecule has 0 radical (unpaired) electrons. The smallest absolute Gasteiger partial charge is 0.255 e. The third-order valence-corrected chi connectivity index (χ3v) is 2.93. The second-order valence-corrected chi connectivity index (χ2v) is 4.64. The summed E-state index contributed by atoms with van der Waals surface area (Å²) in [4.78, 5) is 23.4. The van der Waals surface area contributed by atoms with Crippen LogP contribution in [0.4, 0.5) is 15.8 Å². The van der Waals surface area contributed by atoms with Crippen LogP contribution in [0.1, 0.15) is 22.8 Å². The van der Waals surface area contributed by atoms with Gasteiger partial charge in [0.25, 0.3) is 5.91 Å². The molecule has 0 saturated carbocycles. The van der Waals surface area contributed by atoms with Crippen LogP contribution in [0.15, 0.2) is 42.5 Å². The van der Waals surface area contributed by atoms with Gasteiger partial charge >= 0.3 is 0 Å². The van der Waals surface area contributed by atoms with E-state index >= 15 is 0 Å². The molecule has 21 heavy (non-hydrogen) atoms. The van der Waals surface area contributed by atoms with Crippen LogP contribution in [-0.4, -0.2) is 11.8 Å². The Morgan fingerprint density at radius 3 is 2.38 bits per heavy atom. The van der Waals surface area contributed by atoms with Gasteiger partial charge in [0.2, 0.25) is 5.91 Å². The summed E-state index contributed by atoms with van der Waals surface area (Å²) in [6, 6.07) is 10.9. The van der Waals surface area contributed by atoms with Gasteiger partial charge in [-0.3, -0.25) is 9.59 Å². The Balaban J connectivity index is 2.30. The van der Waals surface area contributed by atoms with Crippen LogP contribution in [0.25, 0.3) is 0 Å². The number of hydrogen-bond acceptors (Lipinski definition) is 2. The van der Waals surface area contributed by atoms with Crippen molar-refractivity contribution in [2.24, 2.45) is 0 Å². The summed E-state index contributed by atoms with van der Waals surface area (Å²) in [6.45, 7) is 3.16. The summed E-state index contributed by atoms with van der Waals surface area (Å²) in [5.41, 5.74) is 1.88. The molecular weight excluding hydrogens is 271 g/mol. The van der Waals surface area contributed by atoms with Gasteiger partial charge in [-0.25, -0.2) is 4.39 Å². The van der Waals surface area contributed by atoms with Gasteiger partial charge in [0.05, 0.1) is 11.4 Å². The van der Waals surface area contributed by atoms with Crippen LogP contribution < -0.4 is 10.6 Å². The van der Waals surface area contributed by atoms with E-state index in [1.807, 2.05) is 19.1 Å². The molecule has 2 rings (SSSR count). The lowest BCUT2D eigenvalue weighted by atomic mass is 10.1. The molecule has 0 aliphatic carbocycles. The minimum Gasteiger partial charge on any atom is -0.325 e. The van der Waals surface area contributed by atoms with E-state index in [0.717, 1.165) is 5.56 Å². The number of amides is 2. The molecule has 0 heterocycles. The second-order valence-electron chi connectivity index (χ2n) is 4.64. The number of aryl methyl sites for hydroxylation is 1. The Labute approximate surface area is 122 Å². The lowest BCUT2D eigenvalue weighted by Gasteiger charge is -2.12. The molecule has 0 unspecified atom stereocenters. The number of halogens is 1. The molecule has 0 bridgehead atoms. The van der Waals surface area contributed by atoms with Crippen LogP contribution in [0.3, 0.4) is 0 Å². The maximum Gasteiger partial charge on any atom is 0.255 e. The summed E-state index contributed by atoms with van der Waals surface area (Å²) in [5.74, 6) is -1.15. The lowest BCUT2D eigenvalue weighted by molar-refractivity contribution is -0.114. The molecule has 5 heteroatoms. The van der Waals surface area contributed by atoms with Crippen molar-refractivity contribution in [3.05, 3.63) is 59.4 Å². The van der Waals surface area contributed by atoms with E-state index in [9.17, 15) is 14.0 Å². The highest BCUT2D eigenvalue weighted by molar-refractivity contribution is 6.07. The van der Waals surface area contributed by atoms with Gasteiger partial charge in [0.15, 0.2) is 0 Å². The van der Waals surface area contributed by atoms with E-state index in [-0.39, 0.29) is 17.5 Å². The molecule has 2 amide bonds. The molecule has 0 aromatic heterocycles. The Morgan fingerprint density at radius 1 is 1.00 bits per heavy atom. The normalized spacial score (nSPS) is 10.0. The van der Waals surface area contributed by atoms with Crippen molar-refractivity contribution in [1.29, 1.82) is 0 Å². The highest BCUT2D eigenvalue weighted by atomic mass is 19.1. The molecule has 2 N–H and O–H groups in total. The van der Waals surface area contributed by atoms with Gasteiger partial charge in [-0.2, -0.15) is 0 Å². The number of carbonyl (C=O) groups is 2. The third kappa shape index (κ3) is 3.66. The van der Waals surface area contributed by atoms with Crippen molar-refractivity contribution < 1.29 is 14.0 Å². The standard InChI is InChI=1S/C16H15FN2O2/c1-10-5-3-4-6-13(10)16(21)19-15-9-12(17)7-8-14(15)18-11(2)20/h3-9H,1-2H3,(H,18,20)(H,19,21). The highest BCUT2D eigenvalue weighted by Crippen LogP contribution is 2.24. The Hall–Kier alpha value is -2.69. The van der Waals surface area contributed by atoms with Crippen molar-refractivity contribution in [2.75, 3.05) is 10.6 Å². The zero-order valence-corrected chi connectivity index (χ0v) is 11.7. The third-order valence-electron chi connectivity index (χ3n) is 2.93. The van der Waals surface area contributed by atoms with Crippen LogP contribution in [0, 0.1) is 12.7 Å². The molecule has 2 aromatic carbocycles. The zero-order chi connectivity index (χ0) is 15.4. The first-order chi connectivity index (χ1) is 9.97. The van der Waals surface area contributed by atoms with E-state index in [1.54, 1.807) is 12.1 Å². The quantitative estimate of drug-likeness (QED) is 0.909. The van der Waals surface area contributed by atoms with Gasteiger partial charge in [-0.05, 0) is 36.8 Å². The van der Waals surface area contributed by atoms with E-state index in [2.05, 4.69) is 10.6 Å². The van der Waals surface area contributed by atoms with Gasteiger partial charge < -0.3 is 10.6 Å². The number of rotatable bonds is 3. The van der Waals surface area contributed by atoms with Crippen molar-refractivity contribution in [3.63, 3.8) is 0 Å². The van der Waals surface area contributed by atoms with Crippen molar-refractivity contribution in [2.45, 2.75) is 13.8 Å². The molecule has 0 fully saturated rings. The fraction of sp³-hybridized carbons (Fsp3) is 0.125. The van der Waals surface area contributed by atoms with Crippen molar-refractivity contribution in [3.8, 4) is 0 Å². The van der Waals surface area contributed by atoms with Crippen LogP contribution in [-0.2, 0) is 4.79 Å². The second kappa shape index (κ2) is 6.17. The molecule has 0 aliphatic heterocycles. The van der Waals surface area contributed by atoms with Gasteiger partial charge in [0.1, 0.15) is 5.82 Å². The summed E-state index contributed by atoms with van der Waals surface area (Å²) in [7, 11) is 0. The summed E-state index contributed by atoms with van der Waals surface area (Å²) >= 11 is 0. The first-order valence-corrected chi connectivity index (χ1v) is 6.41. The number of benzene rings is 2. The first-order valence-electron chi connectivity index (χ1n) is 6.41. The maximum atomic E-state index is 13.4. The van der Waals surface area contributed by atoms with Crippen molar-refractivity contribution >= 4 is 23.2 Å². The van der Waals surface area contributed by atoms with Crippen molar-refractivity contribution in [1.82, 2.24) is 0 Å². The maximum absolute atomic E-state index is 13.4. The van der Waals surface area contributed by atoms with Crippen LogP contribution in [0.5, 0.6) is 0 Å². The number of carbonyl (C=O) groups excluding carboxylic acids is 2. The number of hydrogen-bond donors (Lipinski definition) is 2. The van der Waals surface area contributed by atoms with E-state index < -0.39 is 5.82 Å². The zero-order valence-electron chi connectivity index (χ0n) is 11.7. The highest BCUT2D eigenvalue weighted by Gasteiger charge is 2.12. The first kappa shape index (κ1) is 14.7. The van der Waals surface area contributed by atoms with E-state index in [4.69, 9.17) is 0 Å². The number of anilines is 2. The molecule has 108 valence electrons. The SMILES string of the molecule is CC(=O)Nc1ccc(F)cc1NC(=O)c1ccccc1C. The summed E-state index contributed by atoms with van der Waals surface area (Å²) < 4.78 is 13.4. The number of nitrogens with one attached hydrogen (secondary N) is 2. The predicted octanol–water partition coefficient (Wildman–Crippen LogP) is 3.34. The predicted molar refractivity (Wildman–Crippen MR) is 79.8 cm³/mol. The molecule has 4 nitrogen and oxygen atoms in total. The molecule has 0 aliphatic rings. The van der Waals surface area contributed by atoms with Gasteiger partial charge in [-0.15, -0.1) is 0 Å². The average Bonchev–Trinajstić information content (AvgIpc) is 2.42. The Bertz CT molecular complexity index is 698. The van der Waals surface area contributed by atoms with E-state index in [0.29, 0.717) is 11.3 Å². The fourth-order valence-corrected chi connectivity index (χ4v) is 1.94. The molecular formula is C16H15FN2O2.